The van der Waals surface area contributed by atoms with Crippen LogP contribution in [-0.4, -0.2) is 27.6 Å². The highest BCUT2D eigenvalue weighted by Crippen LogP contribution is 2.25. The van der Waals surface area contributed by atoms with Crippen LogP contribution in [0.5, 0.6) is 17.4 Å². The second-order valence-electron chi connectivity index (χ2n) is 7.24. The summed E-state index contributed by atoms with van der Waals surface area (Å²) >= 11 is 0. The molecular formula is C24H23N3O4. The van der Waals surface area contributed by atoms with Crippen molar-refractivity contribution in [3.05, 3.63) is 77.1 Å². The average Bonchev–Trinajstić information content (AvgIpc) is 3.09. The molecular weight excluding hydrogens is 394 g/mol. The molecule has 0 aliphatic heterocycles. The molecule has 2 heterocycles. The Morgan fingerprint density at radius 1 is 0.968 bits per heavy atom. The van der Waals surface area contributed by atoms with Crippen molar-refractivity contribution in [3.63, 3.8) is 0 Å². The summed E-state index contributed by atoms with van der Waals surface area (Å²) in [5, 5.41) is 0. The van der Waals surface area contributed by atoms with Crippen LogP contribution in [-0.2, 0) is 18.4 Å². The van der Waals surface area contributed by atoms with Crippen molar-refractivity contribution in [2.75, 3.05) is 7.11 Å². The van der Waals surface area contributed by atoms with Gasteiger partial charge in [0.25, 0.3) is 0 Å². The van der Waals surface area contributed by atoms with Gasteiger partial charge in [-0.25, -0.2) is 9.78 Å². The van der Waals surface area contributed by atoms with E-state index in [-0.39, 0.29) is 6.61 Å². The molecule has 0 amide bonds. The van der Waals surface area contributed by atoms with E-state index in [1.54, 1.807) is 30.3 Å². The van der Waals surface area contributed by atoms with Gasteiger partial charge < -0.3 is 18.8 Å². The van der Waals surface area contributed by atoms with Gasteiger partial charge in [0.2, 0.25) is 5.88 Å². The van der Waals surface area contributed by atoms with Crippen LogP contribution in [0.3, 0.4) is 0 Å². The molecule has 0 bridgehead atoms. The first-order valence-corrected chi connectivity index (χ1v) is 9.83. The number of nitrogens with zero attached hydrogens (tertiary/aromatic N) is 3. The van der Waals surface area contributed by atoms with Crippen LogP contribution in [0.1, 0.15) is 27.3 Å². The zero-order valence-corrected chi connectivity index (χ0v) is 17.9. The third kappa shape index (κ3) is 4.35. The van der Waals surface area contributed by atoms with Gasteiger partial charge in [0, 0.05) is 13.1 Å². The zero-order chi connectivity index (χ0) is 22.0. The summed E-state index contributed by atoms with van der Waals surface area (Å²) in [5.41, 5.74) is 4.25. The minimum absolute atomic E-state index is 0.227. The molecule has 0 saturated heterocycles. The van der Waals surface area contributed by atoms with Crippen molar-refractivity contribution in [1.82, 2.24) is 14.5 Å². The lowest BCUT2D eigenvalue weighted by Crippen LogP contribution is -2.05. The van der Waals surface area contributed by atoms with Crippen LogP contribution < -0.4 is 9.47 Å². The SMILES string of the molecule is COC(=O)c1cccc(OCc2nc3ccc(Oc4ccc(C)c(C)c4)nc3n2C)c1. The molecule has 0 fully saturated rings. The van der Waals surface area contributed by atoms with E-state index in [0.29, 0.717) is 28.7 Å². The van der Waals surface area contributed by atoms with E-state index in [0.717, 1.165) is 16.8 Å². The fourth-order valence-corrected chi connectivity index (χ4v) is 3.16. The fraction of sp³-hybridized carbons (Fsp3) is 0.208. The number of rotatable bonds is 6. The quantitative estimate of drug-likeness (QED) is 0.422. The Morgan fingerprint density at radius 2 is 1.81 bits per heavy atom. The van der Waals surface area contributed by atoms with Crippen molar-refractivity contribution in [1.29, 1.82) is 0 Å². The largest absolute Gasteiger partial charge is 0.486 e. The summed E-state index contributed by atoms with van der Waals surface area (Å²) in [6, 6.07) is 16.5. The number of aromatic nitrogens is 3. The molecule has 7 heteroatoms. The molecule has 0 spiro atoms. The van der Waals surface area contributed by atoms with Gasteiger partial charge in [-0.15, -0.1) is 0 Å². The molecule has 2 aromatic heterocycles. The third-order valence-corrected chi connectivity index (χ3v) is 5.11. The summed E-state index contributed by atoms with van der Waals surface area (Å²) in [5.74, 6) is 2.09. The summed E-state index contributed by atoms with van der Waals surface area (Å²) in [6.45, 7) is 4.34. The molecule has 0 aliphatic rings. The second kappa shape index (κ2) is 8.47. The number of carbonyl (C=O) groups is 1. The van der Waals surface area contributed by atoms with Gasteiger partial charge in [-0.05, 0) is 61.4 Å². The minimum Gasteiger partial charge on any atom is -0.486 e. The third-order valence-electron chi connectivity index (χ3n) is 5.11. The molecule has 0 aliphatic carbocycles. The van der Waals surface area contributed by atoms with Gasteiger partial charge in [-0.1, -0.05) is 12.1 Å². The molecule has 31 heavy (non-hydrogen) atoms. The number of esters is 1. The number of carbonyl (C=O) groups excluding carboxylic acids is 1. The molecule has 0 saturated carbocycles. The van der Waals surface area contributed by atoms with Crippen molar-refractivity contribution < 1.29 is 19.0 Å². The maximum atomic E-state index is 11.7. The molecule has 0 radical (unpaired) electrons. The van der Waals surface area contributed by atoms with E-state index >= 15 is 0 Å². The molecule has 7 nitrogen and oxygen atoms in total. The Bertz CT molecular complexity index is 1260. The van der Waals surface area contributed by atoms with E-state index < -0.39 is 5.97 Å². The normalized spacial score (nSPS) is 10.8. The van der Waals surface area contributed by atoms with Gasteiger partial charge >= 0.3 is 5.97 Å². The second-order valence-corrected chi connectivity index (χ2v) is 7.24. The van der Waals surface area contributed by atoms with Crippen LogP contribution in [0.4, 0.5) is 0 Å². The first-order valence-electron chi connectivity index (χ1n) is 9.83. The number of imidazole rings is 1. The highest BCUT2D eigenvalue weighted by atomic mass is 16.5. The number of methoxy groups -OCH3 is 1. The number of ether oxygens (including phenoxy) is 3. The van der Waals surface area contributed by atoms with Crippen LogP contribution in [0.2, 0.25) is 0 Å². The number of hydrogen-bond donors (Lipinski definition) is 0. The predicted octanol–water partition coefficient (Wildman–Crippen LogP) is 4.74. The van der Waals surface area contributed by atoms with Crippen molar-refractivity contribution in [3.8, 4) is 17.4 Å². The first kappa shape index (κ1) is 20.4. The number of benzene rings is 2. The van der Waals surface area contributed by atoms with E-state index in [9.17, 15) is 4.79 Å². The Morgan fingerprint density at radius 3 is 2.58 bits per heavy atom. The van der Waals surface area contributed by atoms with Gasteiger partial charge in [0.15, 0.2) is 5.65 Å². The van der Waals surface area contributed by atoms with Gasteiger partial charge in [0.1, 0.15) is 29.4 Å². The molecule has 4 aromatic rings. The Balaban J connectivity index is 1.53. The predicted molar refractivity (Wildman–Crippen MR) is 117 cm³/mol. The Hall–Kier alpha value is -3.87. The standard InChI is InChI=1S/C24H23N3O4/c1-15-8-9-19(12-16(15)2)31-22-11-10-20-23(26-22)27(3)21(25-20)14-30-18-7-5-6-17(13-18)24(28)29-4/h5-13H,14H2,1-4H3. The first-order chi connectivity index (χ1) is 14.9. The van der Waals surface area contributed by atoms with Crippen molar-refractivity contribution >= 4 is 17.1 Å². The van der Waals surface area contributed by atoms with Gasteiger partial charge in [-0.3, -0.25) is 0 Å². The van der Waals surface area contributed by atoms with E-state index in [1.165, 1.54) is 12.7 Å². The van der Waals surface area contributed by atoms with Crippen LogP contribution >= 0.6 is 0 Å². The van der Waals surface area contributed by atoms with Crippen LogP contribution in [0, 0.1) is 13.8 Å². The highest BCUT2D eigenvalue weighted by molar-refractivity contribution is 5.89. The Labute approximate surface area is 180 Å². The topological polar surface area (TPSA) is 75.5 Å². The highest BCUT2D eigenvalue weighted by Gasteiger charge is 2.12. The lowest BCUT2D eigenvalue weighted by molar-refractivity contribution is 0.0600. The van der Waals surface area contributed by atoms with Crippen LogP contribution in [0.25, 0.3) is 11.2 Å². The summed E-state index contributed by atoms with van der Waals surface area (Å²) in [7, 11) is 3.23. The number of aryl methyl sites for hydroxylation is 3. The minimum atomic E-state index is -0.409. The van der Waals surface area contributed by atoms with E-state index in [1.807, 2.05) is 42.8 Å². The lowest BCUT2D eigenvalue weighted by atomic mass is 10.1. The summed E-state index contributed by atoms with van der Waals surface area (Å²) in [6.07, 6.45) is 0. The molecule has 0 N–H and O–H groups in total. The van der Waals surface area contributed by atoms with Crippen molar-refractivity contribution in [2.45, 2.75) is 20.5 Å². The number of fused-ring (bicyclic) bond motifs is 1. The monoisotopic (exact) mass is 417 g/mol. The maximum absolute atomic E-state index is 11.7. The molecule has 158 valence electrons. The smallest absolute Gasteiger partial charge is 0.337 e. The van der Waals surface area contributed by atoms with Crippen molar-refractivity contribution in [2.24, 2.45) is 7.05 Å². The number of hydrogen-bond acceptors (Lipinski definition) is 6. The van der Waals surface area contributed by atoms with Gasteiger partial charge in [-0.2, -0.15) is 4.98 Å². The molecule has 2 aromatic carbocycles. The zero-order valence-electron chi connectivity index (χ0n) is 17.9. The lowest BCUT2D eigenvalue weighted by Gasteiger charge is -2.08. The average molecular weight is 417 g/mol. The van der Waals surface area contributed by atoms with E-state index in [2.05, 4.69) is 16.9 Å². The summed E-state index contributed by atoms with van der Waals surface area (Å²) in [4.78, 5) is 20.9. The molecule has 0 unspecified atom stereocenters. The number of pyridine rings is 1. The fourth-order valence-electron chi connectivity index (χ4n) is 3.16. The molecule has 0 atom stereocenters. The summed E-state index contributed by atoms with van der Waals surface area (Å²) < 4.78 is 18.4. The van der Waals surface area contributed by atoms with Gasteiger partial charge in [0.05, 0.1) is 12.7 Å². The maximum Gasteiger partial charge on any atom is 0.337 e. The van der Waals surface area contributed by atoms with Crippen LogP contribution in [0.15, 0.2) is 54.6 Å². The molecule has 4 rings (SSSR count). The van der Waals surface area contributed by atoms with E-state index in [4.69, 9.17) is 14.2 Å². The Kier molecular flexibility index (Phi) is 5.58.